The zero-order valence-corrected chi connectivity index (χ0v) is 11.9. The number of halogens is 1. The highest BCUT2D eigenvalue weighted by Gasteiger charge is 2.16. The first-order valence-corrected chi connectivity index (χ1v) is 7.18. The van der Waals surface area contributed by atoms with E-state index in [1.165, 1.54) is 32.1 Å². The van der Waals surface area contributed by atoms with E-state index in [9.17, 15) is 0 Å². The van der Waals surface area contributed by atoms with Crippen LogP contribution in [0.1, 0.15) is 50.6 Å². The van der Waals surface area contributed by atoms with E-state index >= 15 is 0 Å². The van der Waals surface area contributed by atoms with Gasteiger partial charge in [0.25, 0.3) is 0 Å². The van der Waals surface area contributed by atoms with Gasteiger partial charge in [-0.15, -0.1) is 0 Å². The Morgan fingerprint density at radius 3 is 2.59 bits per heavy atom. The molecule has 2 nitrogen and oxygen atoms in total. The smallest absolute Gasteiger partial charge is 0.133 e. The molecule has 2 rings (SSSR count). The Hall–Kier alpha value is -0.540. The molecule has 1 aromatic carbocycles. The summed E-state index contributed by atoms with van der Waals surface area (Å²) in [6.45, 7) is 1.99. The lowest BCUT2D eigenvalue weighted by Crippen LogP contribution is -2.19. The van der Waals surface area contributed by atoms with Gasteiger partial charge in [0.05, 0.1) is 10.6 Å². The molecule has 94 valence electrons. The van der Waals surface area contributed by atoms with Crippen molar-refractivity contribution in [3.8, 4) is 5.75 Å². The summed E-state index contributed by atoms with van der Waals surface area (Å²) in [7, 11) is 0. The lowest BCUT2D eigenvalue weighted by molar-refractivity contribution is 0.154. The Bertz CT molecular complexity index is 372. The van der Waals surface area contributed by atoms with Crippen LogP contribution in [0.25, 0.3) is 0 Å². The minimum atomic E-state index is 0.0648. The molecular weight excluding hydrogens is 278 g/mol. The average molecular weight is 298 g/mol. The van der Waals surface area contributed by atoms with Crippen LogP contribution in [-0.4, -0.2) is 6.10 Å². The van der Waals surface area contributed by atoms with Gasteiger partial charge in [0, 0.05) is 6.04 Å². The molecule has 0 unspecified atom stereocenters. The van der Waals surface area contributed by atoms with Crippen molar-refractivity contribution < 1.29 is 4.74 Å². The number of benzene rings is 1. The van der Waals surface area contributed by atoms with E-state index in [4.69, 9.17) is 10.5 Å². The van der Waals surface area contributed by atoms with Crippen LogP contribution in [0.15, 0.2) is 22.7 Å². The zero-order valence-electron chi connectivity index (χ0n) is 10.3. The van der Waals surface area contributed by atoms with Crippen LogP contribution in [0.5, 0.6) is 5.75 Å². The third-order valence-corrected chi connectivity index (χ3v) is 3.95. The van der Waals surface area contributed by atoms with Crippen LogP contribution >= 0.6 is 15.9 Å². The molecule has 2 N–H and O–H groups in total. The Balaban J connectivity index is 2.05. The number of rotatable bonds is 3. The summed E-state index contributed by atoms with van der Waals surface area (Å²) in [4.78, 5) is 0. The Morgan fingerprint density at radius 1 is 1.29 bits per heavy atom. The highest BCUT2D eigenvalue weighted by Crippen LogP contribution is 2.31. The number of ether oxygens (including phenoxy) is 1. The molecule has 0 bridgehead atoms. The maximum absolute atomic E-state index is 6.03. The van der Waals surface area contributed by atoms with Crippen LogP contribution in [0.4, 0.5) is 0 Å². The lowest BCUT2D eigenvalue weighted by Gasteiger charge is -2.23. The Labute approximate surface area is 112 Å². The van der Waals surface area contributed by atoms with Gasteiger partial charge in [-0.25, -0.2) is 0 Å². The molecule has 0 aromatic heterocycles. The quantitative estimate of drug-likeness (QED) is 0.908. The molecule has 1 aliphatic rings. The minimum absolute atomic E-state index is 0.0648. The fraction of sp³-hybridized carbons (Fsp3) is 0.571. The molecule has 1 aliphatic carbocycles. The first-order valence-electron chi connectivity index (χ1n) is 6.38. The summed E-state index contributed by atoms with van der Waals surface area (Å²) in [5.41, 5.74) is 6.99. The summed E-state index contributed by atoms with van der Waals surface area (Å²) in [5.74, 6) is 0.946. The van der Waals surface area contributed by atoms with Gasteiger partial charge >= 0.3 is 0 Å². The third-order valence-electron chi connectivity index (χ3n) is 3.33. The summed E-state index contributed by atoms with van der Waals surface area (Å²) >= 11 is 3.56. The Kier molecular flexibility index (Phi) is 4.46. The molecule has 0 spiro atoms. The van der Waals surface area contributed by atoms with E-state index in [-0.39, 0.29) is 6.04 Å². The van der Waals surface area contributed by atoms with Crippen molar-refractivity contribution in [1.82, 2.24) is 0 Å². The van der Waals surface area contributed by atoms with Gasteiger partial charge in [-0.3, -0.25) is 0 Å². The third kappa shape index (κ3) is 3.46. The summed E-state index contributed by atoms with van der Waals surface area (Å²) in [6.07, 6.45) is 6.69. The van der Waals surface area contributed by atoms with Gasteiger partial charge in [-0.1, -0.05) is 12.5 Å². The van der Waals surface area contributed by atoms with Crippen molar-refractivity contribution in [3.05, 3.63) is 28.2 Å². The predicted molar refractivity (Wildman–Crippen MR) is 74.2 cm³/mol. The fourth-order valence-corrected chi connectivity index (χ4v) is 2.75. The van der Waals surface area contributed by atoms with E-state index in [2.05, 4.69) is 22.0 Å². The van der Waals surface area contributed by atoms with Gasteiger partial charge in [-0.05, 0) is 66.2 Å². The Morgan fingerprint density at radius 2 is 2.00 bits per heavy atom. The van der Waals surface area contributed by atoms with Gasteiger partial charge in [0.1, 0.15) is 5.75 Å². The van der Waals surface area contributed by atoms with Crippen molar-refractivity contribution in [1.29, 1.82) is 0 Å². The second-order valence-electron chi connectivity index (χ2n) is 4.86. The van der Waals surface area contributed by atoms with Gasteiger partial charge in [0.2, 0.25) is 0 Å². The van der Waals surface area contributed by atoms with E-state index in [1.807, 2.05) is 19.1 Å². The normalized spacial score (nSPS) is 19.0. The highest BCUT2D eigenvalue weighted by molar-refractivity contribution is 9.10. The number of hydrogen-bond donors (Lipinski definition) is 1. The van der Waals surface area contributed by atoms with Crippen molar-refractivity contribution in [2.45, 2.75) is 51.2 Å². The lowest BCUT2D eigenvalue weighted by atomic mass is 9.98. The maximum Gasteiger partial charge on any atom is 0.133 e. The highest BCUT2D eigenvalue weighted by atomic mass is 79.9. The molecule has 1 aromatic rings. The molecular formula is C14H20BrNO. The molecule has 0 saturated heterocycles. The number of hydrogen-bond acceptors (Lipinski definition) is 2. The van der Waals surface area contributed by atoms with E-state index in [0.717, 1.165) is 15.8 Å². The van der Waals surface area contributed by atoms with E-state index < -0.39 is 0 Å². The fourth-order valence-electron chi connectivity index (χ4n) is 2.26. The van der Waals surface area contributed by atoms with Crippen LogP contribution in [-0.2, 0) is 0 Å². The van der Waals surface area contributed by atoms with Crippen LogP contribution < -0.4 is 10.5 Å². The first-order chi connectivity index (χ1) is 8.16. The van der Waals surface area contributed by atoms with Crippen molar-refractivity contribution >= 4 is 15.9 Å². The molecule has 1 fully saturated rings. The summed E-state index contributed by atoms with van der Waals surface area (Å²) in [6, 6.07) is 6.20. The molecule has 3 heteroatoms. The second kappa shape index (κ2) is 5.87. The van der Waals surface area contributed by atoms with Crippen molar-refractivity contribution in [2.75, 3.05) is 0 Å². The second-order valence-corrected chi connectivity index (χ2v) is 5.71. The maximum atomic E-state index is 6.03. The van der Waals surface area contributed by atoms with Crippen LogP contribution in [0.2, 0.25) is 0 Å². The van der Waals surface area contributed by atoms with Gasteiger partial charge in [0.15, 0.2) is 0 Å². The van der Waals surface area contributed by atoms with Crippen LogP contribution in [0.3, 0.4) is 0 Å². The van der Waals surface area contributed by atoms with Gasteiger partial charge < -0.3 is 10.5 Å². The van der Waals surface area contributed by atoms with Crippen LogP contribution in [0, 0.1) is 0 Å². The molecule has 1 atom stereocenters. The van der Waals surface area contributed by atoms with Gasteiger partial charge in [-0.2, -0.15) is 0 Å². The SMILES string of the molecule is C[C@@H](N)c1ccc(OC2CCCCC2)c(Br)c1. The minimum Gasteiger partial charge on any atom is -0.489 e. The molecule has 0 radical (unpaired) electrons. The summed E-state index contributed by atoms with van der Waals surface area (Å²) < 4.78 is 7.05. The zero-order chi connectivity index (χ0) is 12.3. The summed E-state index contributed by atoms with van der Waals surface area (Å²) in [5, 5.41) is 0. The van der Waals surface area contributed by atoms with E-state index in [0.29, 0.717) is 6.10 Å². The largest absolute Gasteiger partial charge is 0.489 e. The molecule has 0 aliphatic heterocycles. The molecule has 1 saturated carbocycles. The molecule has 0 heterocycles. The molecule has 0 amide bonds. The van der Waals surface area contributed by atoms with Crippen molar-refractivity contribution in [3.63, 3.8) is 0 Å². The molecule has 17 heavy (non-hydrogen) atoms. The average Bonchev–Trinajstić information content (AvgIpc) is 2.33. The first kappa shape index (κ1) is 12.9. The standard InChI is InChI=1S/C14H20BrNO/c1-10(16)11-7-8-14(13(15)9-11)17-12-5-3-2-4-6-12/h7-10,12H,2-6,16H2,1H3/t10-/m1/s1. The number of nitrogens with two attached hydrogens (primary N) is 1. The van der Waals surface area contributed by atoms with E-state index in [1.54, 1.807) is 0 Å². The van der Waals surface area contributed by atoms with Crippen molar-refractivity contribution in [2.24, 2.45) is 5.73 Å². The predicted octanol–water partition coefficient (Wildman–Crippen LogP) is 4.18. The topological polar surface area (TPSA) is 35.2 Å². The monoisotopic (exact) mass is 297 g/mol.